The minimum Gasteiger partial charge on any atom is -0.350 e. The van der Waals surface area contributed by atoms with E-state index in [1.807, 2.05) is 34.6 Å². The van der Waals surface area contributed by atoms with Gasteiger partial charge < -0.3 is 10.6 Å². The Kier molecular flexibility index (Phi) is 5.96. The Morgan fingerprint density at radius 3 is 2.43 bits per heavy atom. The van der Waals surface area contributed by atoms with E-state index >= 15 is 0 Å². The third-order valence-electron chi connectivity index (χ3n) is 3.19. The molecule has 0 saturated heterocycles. The number of aryl methyl sites for hydroxylation is 1. The molecule has 0 spiro atoms. The summed E-state index contributed by atoms with van der Waals surface area (Å²) >= 11 is 0. The SMILES string of the molecule is Cc1nn(CC(=O)NC(C)(C)C)c(C)c1CNCC(C)C. The summed E-state index contributed by atoms with van der Waals surface area (Å²) in [6, 6.07) is 0. The molecular weight excluding hydrogens is 264 g/mol. The van der Waals surface area contributed by atoms with Crippen molar-refractivity contribution in [2.24, 2.45) is 5.92 Å². The summed E-state index contributed by atoms with van der Waals surface area (Å²) in [6.07, 6.45) is 0. The van der Waals surface area contributed by atoms with E-state index in [0.29, 0.717) is 5.92 Å². The molecule has 0 aliphatic carbocycles. The quantitative estimate of drug-likeness (QED) is 0.845. The summed E-state index contributed by atoms with van der Waals surface area (Å²) in [5, 5.41) is 10.9. The van der Waals surface area contributed by atoms with Crippen LogP contribution in [0.4, 0.5) is 0 Å². The monoisotopic (exact) mass is 294 g/mol. The van der Waals surface area contributed by atoms with Gasteiger partial charge in [0, 0.05) is 23.3 Å². The molecule has 0 aliphatic rings. The maximum absolute atomic E-state index is 12.0. The van der Waals surface area contributed by atoms with Crippen LogP contribution in [0, 0.1) is 19.8 Å². The normalized spacial score (nSPS) is 12.0. The van der Waals surface area contributed by atoms with E-state index < -0.39 is 0 Å². The molecule has 1 amide bonds. The van der Waals surface area contributed by atoms with Crippen LogP contribution in [-0.4, -0.2) is 27.8 Å². The largest absolute Gasteiger partial charge is 0.350 e. The molecule has 0 aliphatic heterocycles. The van der Waals surface area contributed by atoms with Crippen LogP contribution < -0.4 is 10.6 Å². The zero-order chi connectivity index (χ0) is 16.2. The molecule has 0 fully saturated rings. The van der Waals surface area contributed by atoms with Gasteiger partial charge in [0.1, 0.15) is 6.54 Å². The van der Waals surface area contributed by atoms with Crippen molar-refractivity contribution in [2.45, 2.75) is 67.1 Å². The molecular formula is C16H30N4O. The Labute approximate surface area is 128 Å². The lowest BCUT2D eigenvalue weighted by Crippen LogP contribution is -2.42. The van der Waals surface area contributed by atoms with Crippen molar-refractivity contribution in [1.29, 1.82) is 0 Å². The summed E-state index contributed by atoms with van der Waals surface area (Å²) in [5.41, 5.74) is 3.04. The van der Waals surface area contributed by atoms with Crippen LogP contribution in [0.25, 0.3) is 0 Å². The lowest BCUT2D eigenvalue weighted by atomic mass is 10.1. The number of nitrogens with one attached hydrogen (secondary N) is 2. The van der Waals surface area contributed by atoms with E-state index in [1.165, 1.54) is 5.56 Å². The first kappa shape index (κ1) is 17.7. The molecule has 0 saturated carbocycles. The average Bonchev–Trinajstić information content (AvgIpc) is 2.53. The molecule has 0 atom stereocenters. The number of aromatic nitrogens is 2. The number of carbonyl (C=O) groups excluding carboxylic acids is 1. The van der Waals surface area contributed by atoms with Crippen molar-refractivity contribution in [1.82, 2.24) is 20.4 Å². The van der Waals surface area contributed by atoms with E-state index in [1.54, 1.807) is 4.68 Å². The van der Waals surface area contributed by atoms with Crippen molar-refractivity contribution < 1.29 is 4.79 Å². The summed E-state index contributed by atoms with van der Waals surface area (Å²) in [6.45, 7) is 16.4. The van der Waals surface area contributed by atoms with Gasteiger partial charge in [0.05, 0.1) is 5.69 Å². The molecule has 0 unspecified atom stereocenters. The van der Waals surface area contributed by atoms with Crippen LogP contribution in [-0.2, 0) is 17.9 Å². The number of carbonyl (C=O) groups is 1. The zero-order valence-electron chi connectivity index (χ0n) is 14.5. The average molecular weight is 294 g/mol. The van der Waals surface area contributed by atoms with Gasteiger partial charge in [0.2, 0.25) is 5.91 Å². The fourth-order valence-corrected chi connectivity index (χ4v) is 2.22. The molecule has 0 radical (unpaired) electrons. The van der Waals surface area contributed by atoms with Crippen LogP contribution in [0.1, 0.15) is 51.6 Å². The lowest BCUT2D eigenvalue weighted by Gasteiger charge is -2.20. The maximum atomic E-state index is 12.0. The second-order valence-electron chi connectivity index (χ2n) is 7.13. The van der Waals surface area contributed by atoms with E-state index in [9.17, 15) is 4.79 Å². The highest BCUT2D eigenvalue weighted by Gasteiger charge is 2.17. The topological polar surface area (TPSA) is 59.0 Å². The second-order valence-corrected chi connectivity index (χ2v) is 7.13. The number of rotatable bonds is 6. The minimum absolute atomic E-state index is 0.00482. The molecule has 5 nitrogen and oxygen atoms in total. The van der Waals surface area contributed by atoms with Gasteiger partial charge in [0.25, 0.3) is 0 Å². The smallest absolute Gasteiger partial charge is 0.242 e. The Hall–Kier alpha value is -1.36. The van der Waals surface area contributed by atoms with Gasteiger partial charge in [-0.1, -0.05) is 13.8 Å². The Bertz CT molecular complexity index is 483. The van der Waals surface area contributed by atoms with Gasteiger partial charge >= 0.3 is 0 Å². The fourth-order valence-electron chi connectivity index (χ4n) is 2.22. The maximum Gasteiger partial charge on any atom is 0.242 e. The van der Waals surface area contributed by atoms with E-state index in [0.717, 1.165) is 24.5 Å². The molecule has 1 aromatic rings. The van der Waals surface area contributed by atoms with Crippen molar-refractivity contribution in [3.63, 3.8) is 0 Å². The number of amides is 1. The first-order valence-corrected chi connectivity index (χ1v) is 7.64. The van der Waals surface area contributed by atoms with E-state index in [4.69, 9.17) is 0 Å². The van der Waals surface area contributed by atoms with Crippen molar-refractivity contribution in [3.8, 4) is 0 Å². The molecule has 5 heteroatoms. The van der Waals surface area contributed by atoms with Crippen LogP contribution in [0.15, 0.2) is 0 Å². The molecule has 1 heterocycles. The predicted molar refractivity (Wildman–Crippen MR) is 86.1 cm³/mol. The van der Waals surface area contributed by atoms with Crippen LogP contribution in [0.2, 0.25) is 0 Å². The van der Waals surface area contributed by atoms with Gasteiger partial charge in [0.15, 0.2) is 0 Å². The zero-order valence-corrected chi connectivity index (χ0v) is 14.5. The van der Waals surface area contributed by atoms with Crippen LogP contribution in [0.3, 0.4) is 0 Å². The van der Waals surface area contributed by atoms with Crippen LogP contribution in [0.5, 0.6) is 0 Å². The van der Waals surface area contributed by atoms with Crippen molar-refractivity contribution in [3.05, 3.63) is 17.0 Å². The summed E-state index contributed by atoms with van der Waals surface area (Å²) < 4.78 is 1.79. The van der Waals surface area contributed by atoms with Gasteiger partial charge in [-0.25, -0.2) is 0 Å². The van der Waals surface area contributed by atoms with E-state index in [2.05, 4.69) is 29.6 Å². The van der Waals surface area contributed by atoms with Gasteiger partial charge in [-0.05, 0) is 47.1 Å². The molecule has 21 heavy (non-hydrogen) atoms. The third-order valence-corrected chi connectivity index (χ3v) is 3.19. The lowest BCUT2D eigenvalue weighted by molar-refractivity contribution is -0.123. The Morgan fingerprint density at radius 1 is 1.29 bits per heavy atom. The molecule has 2 N–H and O–H groups in total. The second kappa shape index (κ2) is 7.07. The highest BCUT2D eigenvalue weighted by Crippen LogP contribution is 2.13. The number of hydrogen-bond acceptors (Lipinski definition) is 3. The fraction of sp³-hybridized carbons (Fsp3) is 0.750. The summed E-state index contributed by atoms with van der Waals surface area (Å²) in [4.78, 5) is 12.0. The number of nitrogens with zero attached hydrogens (tertiary/aromatic N) is 2. The molecule has 120 valence electrons. The highest BCUT2D eigenvalue weighted by molar-refractivity contribution is 5.76. The van der Waals surface area contributed by atoms with Gasteiger partial charge in [-0.15, -0.1) is 0 Å². The first-order chi connectivity index (χ1) is 9.60. The minimum atomic E-state index is -0.213. The Morgan fingerprint density at radius 2 is 1.90 bits per heavy atom. The van der Waals surface area contributed by atoms with Gasteiger partial charge in [-0.3, -0.25) is 9.48 Å². The third kappa shape index (κ3) is 5.87. The molecule has 1 aromatic heterocycles. The van der Waals surface area contributed by atoms with Gasteiger partial charge in [-0.2, -0.15) is 5.10 Å². The molecule has 1 rings (SSSR count). The molecule has 0 aromatic carbocycles. The van der Waals surface area contributed by atoms with Crippen molar-refractivity contribution in [2.75, 3.05) is 6.54 Å². The molecule has 0 bridgehead atoms. The summed E-state index contributed by atoms with van der Waals surface area (Å²) in [7, 11) is 0. The van der Waals surface area contributed by atoms with Crippen molar-refractivity contribution >= 4 is 5.91 Å². The summed E-state index contributed by atoms with van der Waals surface area (Å²) in [5.74, 6) is 0.619. The first-order valence-electron chi connectivity index (χ1n) is 7.64. The standard InChI is InChI=1S/C16H30N4O/c1-11(2)8-17-9-14-12(3)19-20(13(14)4)10-15(21)18-16(5,6)7/h11,17H,8-10H2,1-7H3,(H,18,21). The Balaban J connectivity index is 2.71. The number of hydrogen-bond donors (Lipinski definition) is 2. The highest BCUT2D eigenvalue weighted by atomic mass is 16.2. The predicted octanol–water partition coefficient (Wildman–Crippen LogP) is 2.16. The van der Waals surface area contributed by atoms with E-state index in [-0.39, 0.29) is 18.0 Å². The van der Waals surface area contributed by atoms with Crippen LogP contribution >= 0.6 is 0 Å².